The number of ether oxygens (including phenoxy) is 1. The van der Waals surface area contributed by atoms with Gasteiger partial charge >= 0.3 is 5.97 Å². The maximum absolute atomic E-state index is 11.8. The molecule has 1 aromatic rings. The summed E-state index contributed by atoms with van der Waals surface area (Å²) in [6, 6.07) is 2.02. The summed E-state index contributed by atoms with van der Waals surface area (Å²) in [5, 5.41) is 0. The summed E-state index contributed by atoms with van der Waals surface area (Å²) in [6.07, 6.45) is 4.96. The summed E-state index contributed by atoms with van der Waals surface area (Å²) >= 11 is 0. The van der Waals surface area contributed by atoms with Crippen LogP contribution < -0.4 is 0 Å². The van der Waals surface area contributed by atoms with Crippen molar-refractivity contribution in [1.29, 1.82) is 0 Å². The summed E-state index contributed by atoms with van der Waals surface area (Å²) in [4.78, 5) is 16.0. The molecule has 3 heteroatoms. The Labute approximate surface area is 95.8 Å². The maximum Gasteiger partial charge on any atom is 0.357 e. The Bertz CT molecular complexity index is 401. The molecule has 1 atom stereocenters. The van der Waals surface area contributed by atoms with Gasteiger partial charge in [-0.3, -0.25) is 0 Å². The third-order valence-corrected chi connectivity index (χ3v) is 3.21. The second-order valence-corrected chi connectivity index (χ2v) is 4.10. The number of rotatable bonds is 3. The van der Waals surface area contributed by atoms with E-state index in [1.54, 1.807) is 6.20 Å². The van der Waals surface area contributed by atoms with Crippen LogP contribution >= 0.6 is 0 Å². The number of hydrogen-bond donors (Lipinski definition) is 0. The molecule has 16 heavy (non-hydrogen) atoms. The van der Waals surface area contributed by atoms with Gasteiger partial charge in [0.2, 0.25) is 0 Å². The van der Waals surface area contributed by atoms with Gasteiger partial charge in [-0.15, -0.1) is 0 Å². The molecular formula is C13H17NO2. The van der Waals surface area contributed by atoms with Crippen molar-refractivity contribution in [2.24, 2.45) is 0 Å². The number of aromatic nitrogens is 1. The normalized spacial score (nSPS) is 18.2. The summed E-state index contributed by atoms with van der Waals surface area (Å²) in [6.45, 7) is 4.38. The second-order valence-electron chi connectivity index (χ2n) is 4.10. The van der Waals surface area contributed by atoms with Crippen LogP contribution in [0.4, 0.5) is 0 Å². The van der Waals surface area contributed by atoms with Gasteiger partial charge in [0, 0.05) is 6.20 Å². The Morgan fingerprint density at radius 2 is 2.38 bits per heavy atom. The minimum atomic E-state index is -0.278. The number of aryl methyl sites for hydroxylation is 1. The molecule has 2 rings (SSSR count). The standard InChI is InChI=1S/C13H17NO2/c1-3-9-5-6-10-7-8-14-12(11(9)10)13(15)16-4-2/h7-9H,3-6H2,1-2H3. The van der Waals surface area contributed by atoms with E-state index in [2.05, 4.69) is 11.9 Å². The van der Waals surface area contributed by atoms with Gasteiger partial charge in [-0.05, 0) is 49.3 Å². The molecule has 0 radical (unpaired) electrons. The molecular weight excluding hydrogens is 202 g/mol. The largest absolute Gasteiger partial charge is 0.461 e. The molecule has 0 amide bonds. The zero-order valence-corrected chi connectivity index (χ0v) is 9.82. The molecule has 0 fully saturated rings. The predicted molar refractivity (Wildman–Crippen MR) is 61.5 cm³/mol. The Morgan fingerprint density at radius 3 is 3.06 bits per heavy atom. The quantitative estimate of drug-likeness (QED) is 0.734. The molecule has 0 spiro atoms. The lowest BCUT2D eigenvalue weighted by Crippen LogP contribution is -2.12. The fourth-order valence-electron chi connectivity index (χ4n) is 2.43. The van der Waals surface area contributed by atoms with Gasteiger partial charge in [-0.1, -0.05) is 6.92 Å². The Morgan fingerprint density at radius 1 is 1.56 bits per heavy atom. The third kappa shape index (κ3) is 1.82. The molecule has 0 saturated heterocycles. The average Bonchev–Trinajstić information content (AvgIpc) is 2.72. The molecule has 0 bridgehead atoms. The molecule has 3 nitrogen and oxygen atoms in total. The van der Waals surface area contributed by atoms with Crippen molar-refractivity contribution in [1.82, 2.24) is 4.98 Å². The Kier molecular flexibility index (Phi) is 3.22. The lowest BCUT2D eigenvalue weighted by atomic mass is 9.97. The van der Waals surface area contributed by atoms with Crippen molar-refractivity contribution in [3.05, 3.63) is 29.1 Å². The third-order valence-electron chi connectivity index (χ3n) is 3.21. The van der Waals surface area contributed by atoms with E-state index in [1.165, 1.54) is 5.56 Å². The van der Waals surface area contributed by atoms with Crippen molar-refractivity contribution < 1.29 is 9.53 Å². The number of carbonyl (C=O) groups excluding carboxylic acids is 1. The summed E-state index contributed by atoms with van der Waals surface area (Å²) < 4.78 is 5.04. The Balaban J connectivity index is 2.39. The molecule has 0 aliphatic heterocycles. The minimum absolute atomic E-state index is 0.278. The van der Waals surface area contributed by atoms with E-state index in [-0.39, 0.29) is 5.97 Å². The second kappa shape index (κ2) is 4.64. The molecule has 1 aliphatic rings. The predicted octanol–water partition coefficient (Wildman–Crippen LogP) is 2.70. The van der Waals surface area contributed by atoms with E-state index in [0.717, 1.165) is 24.8 Å². The van der Waals surface area contributed by atoms with Crippen LogP contribution in [0.5, 0.6) is 0 Å². The highest BCUT2D eigenvalue weighted by Gasteiger charge is 2.28. The molecule has 0 saturated carbocycles. The number of fused-ring (bicyclic) bond motifs is 1. The maximum atomic E-state index is 11.8. The van der Waals surface area contributed by atoms with Crippen LogP contribution in [0.3, 0.4) is 0 Å². The number of pyridine rings is 1. The molecule has 0 aromatic carbocycles. The summed E-state index contributed by atoms with van der Waals surface area (Å²) in [5.74, 6) is 0.197. The number of nitrogens with zero attached hydrogens (tertiary/aromatic N) is 1. The highest BCUT2D eigenvalue weighted by atomic mass is 16.5. The zero-order chi connectivity index (χ0) is 11.5. The number of hydrogen-bond acceptors (Lipinski definition) is 3. The van der Waals surface area contributed by atoms with E-state index in [0.29, 0.717) is 18.2 Å². The van der Waals surface area contributed by atoms with Crippen LogP contribution in [0.25, 0.3) is 0 Å². The van der Waals surface area contributed by atoms with Crippen LogP contribution in [0.2, 0.25) is 0 Å². The first-order chi connectivity index (χ1) is 7.77. The SMILES string of the molecule is CCOC(=O)c1nccc2c1C(CC)CC2. The van der Waals surface area contributed by atoms with Crippen molar-refractivity contribution in [3.8, 4) is 0 Å². The van der Waals surface area contributed by atoms with Crippen molar-refractivity contribution in [3.63, 3.8) is 0 Å². The lowest BCUT2D eigenvalue weighted by Gasteiger charge is -2.12. The molecule has 1 aliphatic carbocycles. The van der Waals surface area contributed by atoms with Crippen molar-refractivity contribution in [2.75, 3.05) is 6.61 Å². The summed E-state index contributed by atoms with van der Waals surface area (Å²) in [5.41, 5.74) is 2.93. The molecule has 86 valence electrons. The van der Waals surface area contributed by atoms with Crippen molar-refractivity contribution in [2.45, 2.75) is 39.0 Å². The molecule has 0 N–H and O–H groups in total. The van der Waals surface area contributed by atoms with Gasteiger partial charge in [0.25, 0.3) is 0 Å². The summed E-state index contributed by atoms with van der Waals surface area (Å²) in [7, 11) is 0. The van der Waals surface area contributed by atoms with Crippen LogP contribution in [-0.4, -0.2) is 17.6 Å². The van der Waals surface area contributed by atoms with Crippen LogP contribution in [-0.2, 0) is 11.2 Å². The first kappa shape index (κ1) is 11.1. The van der Waals surface area contributed by atoms with Gasteiger partial charge in [-0.2, -0.15) is 0 Å². The first-order valence-electron chi connectivity index (χ1n) is 5.92. The fourth-order valence-corrected chi connectivity index (χ4v) is 2.43. The average molecular weight is 219 g/mol. The monoisotopic (exact) mass is 219 g/mol. The van der Waals surface area contributed by atoms with Gasteiger partial charge in [-0.25, -0.2) is 9.78 Å². The van der Waals surface area contributed by atoms with Gasteiger partial charge < -0.3 is 4.74 Å². The first-order valence-corrected chi connectivity index (χ1v) is 5.92. The van der Waals surface area contributed by atoms with Gasteiger partial charge in [0.05, 0.1) is 6.61 Å². The minimum Gasteiger partial charge on any atom is -0.461 e. The molecule has 1 aromatic heterocycles. The van der Waals surface area contributed by atoms with Crippen LogP contribution in [0.15, 0.2) is 12.3 Å². The lowest BCUT2D eigenvalue weighted by molar-refractivity contribution is 0.0517. The highest BCUT2D eigenvalue weighted by molar-refractivity contribution is 5.89. The van der Waals surface area contributed by atoms with Gasteiger partial charge in [0.15, 0.2) is 5.69 Å². The smallest absolute Gasteiger partial charge is 0.357 e. The van der Waals surface area contributed by atoms with Crippen molar-refractivity contribution >= 4 is 5.97 Å². The van der Waals surface area contributed by atoms with Gasteiger partial charge in [0.1, 0.15) is 0 Å². The number of carbonyl (C=O) groups is 1. The topological polar surface area (TPSA) is 39.2 Å². The number of esters is 1. The van der Waals surface area contributed by atoms with E-state index < -0.39 is 0 Å². The van der Waals surface area contributed by atoms with E-state index in [1.807, 2.05) is 13.0 Å². The van der Waals surface area contributed by atoms with E-state index in [9.17, 15) is 4.79 Å². The highest BCUT2D eigenvalue weighted by Crippen LogP contribution is 2.36. The van der Waals surface area contributed by atoms with Crippen LogP contribution in [0.1, 0.15) is 54.2 Å². The molecule has 1 heterocycles. The van der Waals surface area contributed by atoms with Crippen LogP contribution in [0, 0.1) is 0 Å². The fraction of sp³-hybridized carbons (Fsp3) is 0.538. The zero-order valence-electron chi connectivity index (χ0n) is 9.82. The van der Waals surface area contributed by atoms with E-state index >= 15 is 0 Å². The Hall–Kier alpha value is -1.38. The van der Waals surface area contributed by atoms with E-state index in [4.69, 9.17) is 4.74 Å². The molecule has 1 unspecified atom stereocenters.